The second-order valence-electron chi connectivity index (χ2n) is 7.22. The highest BCUT2D eigenvalue weighted by Gasteiger charge is 2.09. The third-order valence-corrected chi connectivity index (χ3v) is 5.08. The van der Waals surface area contributed by atoms with Gasteiger partial charge in [-0.15, -0.1) is 0 Å². The second kappa shape index (κ2) is 12.4. The Kier molecular flexibility index (Phi) is 9.61. The number of benzene rings is 2. The first-order valence-corrected chi connectivity index (χ1v) is 10.3. The van der Waals surface area contributed by atoms with Crippen molar-refractivity contribution in [2.45, 2.75) is 25.7 Å². The average molecular weight is 429 g/mol. The molecule has 0 atom stereocenters. The molecule has 0 aliphatic carbocycles. The first kappa shape index (κ1) is 24.0. The summed E-state index contributed by atoms with van der Waals surface area (Å²) < 4.78 is 10.7. The fourth-order valence-electron chi connectivity index (χ4n) is 3.26. The summed E-state index contributed by atoms with van der Waals surface area (Å²) in [5.41, 5.74) is 2.41. The molecule has 0 unspecified atom stereocenters. The van der Waals surface area contributed by atoms with Crippen molar-refractivity contribution in [3.05, 3.63) is 63.7 Å². The number of nitro benzene ring substituents is 1. The number of nitrogens with one attached hydrogen (secondary N) is 1. The van der Waals surface area contributed by atoms with Gasteiger partial charge in [-0.05, 0) is 48.9 Å². The predicted octanol–water partition coefficient (Wildman–Crippen LogP) is 3.68. The van der Waals surface area contributed by atoms with E-state index in [-0.39, 0.29) is 10.6 Å². The lowest BCUT2D eigenvalue weighted by molar-refractivity contribution is -0.384. The highest BCUT2D eigenvalue weighted by Crippen LogP contribution is 2.27. The molecule has 0 radical (unpaired) electrons. The van der Waals surface area contributed by atoms with Crippen LogP contribution >= 0.6 is 0 Å². The van der Waals surface area contributed by atoms with Gasteiger partial charge in [0.2, 0.25) is 0 Å². The number of guanidine groups is 1. The Morgan fingerprint density at radius 1 is 1.03 bits per heavy atom. The average Bonchev–Trinajstić information content (AvgIpc) is 2.79. The van der Waals surface area contributed by atoms with E-state index in [1.54, 1.807) is 33.4 Å². The summed E-state index contributed by atoms with van der Waals surface area (Å²) in [5, 5.41) is 14.1. The molecular weight excluding hydrogens is 396 g/mol. The monoisotopic (exact) mass is 428 g/mol. The van der Waals surface area contributed by atoms with Gasteiger partial charge in [-0.2, -0.15) is 0 Å². The van der Waals surface area contributed by atoms with Crippen LogP contribution in [-0.4, -0.2) is 57.2 Å². The summed E-state index contributed by atoms with van der Waals surface area (Å²) in [6.45, 7) is 1.64. The molecule has 0 aromatic heterocycles. The van der Waals surface area contributed by atoms with Gasteiger partial charge in [-0.1, -0.05) is 18.2 Å². The zero-order valence-electron chi connectivity index (χ0n) is 18.8. The van der Waals surface area contributed by atoms with Gasteiger partial charge in [0.15, 0.2) is 17.5 Å². The summed E-state index contributed by atoms with van der Waals surface area (Å²) >= 11 is 0. The number of methoxy groups -OCH3 is 2. The highest BCUT2D eigenvalue weighted by atomic mass is 16.6. The third kappa shape index (κ3) is 7.47. The van der Waals surface area contributed by atoms with Gasteiger partial charge in [-0.3, -0.25) is 15.1 Å². The van der Waals surface area contributed by atoms with Crippen molar-refractivity contribution in [2.24, 2.45) is 4.99 Å². The number of nitro groups is 1. The Morgan fingerprint density at radius 3 is 2.32 bits per heavy atom. The Labute approximate surface area is 184 Å². The number of aliphatic imine (C=N–C) groups is 1. The molecule has 2 aromatic carbocycles. The molecule has 0 aliphatic rings. The third-order valence-electron chi connectivity index (χ3n) is 5.08. The minimum absolute atomic E-state index is 0.130. The quantitative estimate of drug-likeness (QED) is 0.193. The minimum atomic E-state index is -0.374. The molecule has 0 aliphatic heterocycles. The van der Waals surface area contributed by atoms with Crippen molar-refractivity contribution in [2.75, 3.05) is 41.4 Å². The van der Waals surface area contributed by atoms with Crippen LogP contribution in [0, 0.1) is 10.1 Å². The molecule has 2 rings (SSSR count). The topological polar surface area (TPSA) is 89.2 Å². The largest absolute Gasteiger partial charge is 0.493 e. The van der Waals surface area contributed by atoms with Crippen molar-refractivity contribution in [1.29, 1.82) is 0 Å². The van der Waals surface area contributed by atoms with Crippen LogP contribution in [0.5, 0.6) is 11.5 Å². The molecule has 0 saturated heterocycles. The van der Waals surface area contributed by atoms with E-state index >= 15 is 0 Å². The van der Waals surface area contributed by atoms with Crippen LogP contribution in [-0.2, 0) is 12.8 Å². The number of likely N-dealkylation sites (N-methyl/N-ethyl adjacent to an activating group) is 1. The molecule has 0 saturated carbocycles. The van der Waals surface area contributed by atoms with Crippen LogP contribution in [0.4, 0.5) is 5.69 Å². The van der Waals surface area contributed by atoms with Crippen molar-refractivity contribution < 1.29 is 14.4 Å². The molecular formula is C23H32N4O4. The first-order chi connectivity index (χ1) is 15.0. The van der Waals surface area contributed by atoms with E-state index in [1.165, 1.54) is 5.56 Å². The molecule has 0 heterocycles. The number of hydrogen-bond acceptors (Lipinski definition) is 5. The lowest BCUT2D eigenvalue weighted by Gasteiger charge is -2.22. The van der Waals surface area contributed by atoms with Gasteiger partial charge in [-0.25, -0.2) is 0 Å². The highest BCUT2D eigenvalue weighted by molar-refractivity contribution is 5.79. The summed E-state index contributed by atoms with van der Waals surface area (Å²) in [6, 6.07) is 12.7. The summed E-state index contributed by atoms with van der Waals surface area (Å²) in [6.07, 6.45) is 3.74. The van der Waals surface area contributed by atoms with Gasteiger partial charge in [0.25, 0.3) is 5.69 Å². The summed E-state index contributed by atoms with van der Waals surface area (Å²) in [5.74, 6) is 2.32. The number of rotatable bonds is 11. The van der Waals surface area contributed by atoms with Gasteiger partial charge in [0.1, 0.15) is 0 Å². The van der Waals surface area contributed by atoms with Crippen molar-refractivity contribution >= 4 is 11.6 Å². The van der Waals surface area contributed by atoms with Gasteiger partial charge >= 0.3 is 0 Å². The molecule has 31 heavy (non-hydrogen) atoms. The zero-order valence-corrected chi connectivity index (χ0v) is 18.8. The number of unbranched alkanes of at least 4 members (excludes halogenated alkanes) is 1. The maximum atomic E-state index is 10.7. The van der Waals surface area contributed by atoms with Crippen molar-refractivity contribution in [3.8, 4) is 11.5 Å². The predicted molar refractivity (Wildman–Crippen MR) is 123 cm³/mol. The van der Waals surface area contributed by atoms with E-state index in [9.17, 15) is 10.1 Å². The van der Waals surface area contributed by atoms with Crippen LogP contribution in [0.1, 0.15) is 24.0 Å². The van der Waals surface area contributed by atoms with E-state index in [4.69, 9.17) is 9.47 Å². The lowest BCUT2D eigenvalue weighted by Crippen LogP contribution is -2.40. The Bertz CT molecular complexity index is 868. The standard InChI is InChI=1S/C23H32N4O4/c1-24-23(25-15-6-5-7-18-8-11-20(12-9-18)27(28)29)26(2)16-14-19-10-13-21(30-3)22(17-19)31-4/h8-13,17H,5-7,14-16H2,1-4H3,(H,24,25). The lowest BCUT2D eigenvalue weighted by atomic mass is 10.1. The van der Waals surface area contributed by atoms with Gasteiger partial charge < -0.3 is 19.7 Å². The number of non-ortho nitro benzene ring substituents is 1. The molecule has 0 amide bonds. The Hall–Kier alpha value is -3.29. The van der Waals surface area contributed by atoms with E-state index in [1.807, 2.05) is 37.4 Å². The van der Waals surface area contributed by atoms with Crippen LogP contribution in [0.25, 0.3) is 0 Å². The van der Waals surface area contributed by atoms with E-state index in [0.717, 1.165) is 61.8 Å². The summed E-state index contributed by atoms with van der Waals surface area (Å²) in [4.78, 5) is 16.8. The molecule has 1 N–H and O–H groups in total. The van der Waals surface area contributed by atoms with E-state index in [2.05, 4.69) is 15.2 Å². The van der Waals surface area contributed by atoms with Gasteiger partial charge in [0, 0.05) is 39.3 Å². The van der Waals surface area contributed by atoms with E-state index < -0.39 is 0 Å². The van der Waals surface area contributed by atoms with E-state index in [0.29, 0.717) is 0 Å². The Balaban J connectivity index is 1.72. The molecule has 2 aromatic rings. The maximum absolute atomic E-state index is 10.7. The fourth-order valence-corrected chi connectivity index (χ4v) is 3.26. The van der Waals surface area contributed by atoms with Crippen molar-refractivity contribution in [1.82, 2.24) is 10.2 Å². The van der Waals surface area contributed by atoms with Crippen LogP contribution in [0.2, 0.25) is 0 Å². The van der Waals surface area contributed by atoms with Crippen LogP contribution in [0.15, 0.2) is 47.5 Å². The fraction of sp³-hybridized carbons (Fsp3) is 0.435. The van der Waals surface area contributed by atoms with Crippen LogP contribution in [0.3, 0.4) is 0 Å². The molecule has 0 bridgehead atoms. The number of hydrogen-bond donors (Lipinski definition) is 1. The number of nitrogens with zero attached hydrogens (tertiary/aromatic N) is 3. The molecule has 8 nitrogen and oxygen atoms in total. The second-order valence-corrected chi connectivity index (χ2v) is 7.22. The van der Waals surface area contributed by atoms with Crippen LogP contribution < -0.4 is 14.8 Å². The normalized spacial score (nSPS) is 11.2. The minimum Gasteiger partial charge on any atom is -0.493 e. The smallest absolute Gasteiger partial charge is 0.269 e. The SMILES string of the molecule is CN=C(NCCCCc1ccc([N+](=O)[O-])cc1)N(C)CCc1ccc(OC)c(OC)c1. The molecule has 168 valence electrons. The Morgan fingerprint density at radius 2 is 1.71 bits per heavy atom. The maximum Gasteiger partial charge on any atom is 0.269 e. The molecule has 8 heteroatoms. The van der Waals surface area contributed by atoms with Crippen molar-refractivity contribution in [3.63, 3.8) is 0 Å². The molecule has 0 spiro atoms. The summed E-state index contributed by atoms with van der Waals surface area (Å²) in [7, 11) is 7.08. The number of ether oxygens (including phenoxy) is 2. The van der Waals surface area contributed by atoms with Gasteiger partial charge in [0.05, 0.1) is 19.1 Å². The molecule has 0 fully saturated rings. The first-order valence-electron chi connectivity index (χ1n) is 10.3. The number of aryl methyl sites for hydroxylation is 1. The zero-order chi connectivity index (χ0) is 22.6.